The molecule has 0 aliphatic rings. The van der Waals surface area contributed by atoms with Gasteiger partial charge in [-0.25, -0.2) is 10.8 Å². The van der Waals surface area contributed by atoms with Crippen LogP contribution in [0.25, 0.3) is 0 Å². The average molecular weight is 259 g/mol. The van der Waals surface area contributed by atoms with Crippen LogP contribution in [0.1, 0.15) is 5.56 Å². The Morgan fingerprint density at radius 1 is 1.26 bits per heavy atom. The van der Waals surface area contributed by atoms with Gasteiger partial charge in [0.2, 0.25) is 5.95 Å². The van der Waals surface area contributed by atoms with Crippen molar-refractivity contribution in [2.45, 2.75) is 6.54 Å². The number of nitrogens with two attached hydrogens (primary N) is 1. The van der Waals surface area contributed by atoms with Crippen LogP contribution in [0.2, 0.25) is 0 Å². The average Bonchev–Trinajstić information content (AvgIpc) is 2.48. The van der Waals surface area contributed by atoms with E-state index in [1.54, 1.807) is 13.3 Å². The summed E-state index contributed by atoms with van der Waals surface area (Å²) in [6.45, 7) is 0.741. The van der Waals surface area contributed by atoms with Crippen molar-refractivity contribution in [1.29, 1.82) is 0 Å². The fourth-order valence-electron chi connectivity index (χ4n) is 1.72. The Bertz CT molecular complexity index is 529. The predicted octanol–water partition coefficient (Wildman–Crippen LogP) is 1.41. The largest absolute Gasteiger partial charge is 0.497 e. The third kappa shape index (κ3) is 3.32. The summed E-state index contributed by atoms with van der Waals surface area (Å²) in [5.41, 5.74) is 3.61. The predicted molar refractivity (Wildman–Crippen MR) is 74.9 cm³/mol. The van der Waals surface area contributed by atoms with Crippen LogP contribution in [0.3, 0.4) is 0 Å². The number of benzene rings is 1. The normalized spacial score (nSPS) is 10.1. The van der Waals surface area contributed by atoms with Crippen molar-refractivity contribution in [2.75, 3.05) is 24.5 Å². The number of hydrogen-bond acceptors (Lipinski definition) is 6. The minimum absolute atomic E-state index is 0.402. The second-order valence-corrected chi connectivity index (χ2v) is 4.09. The Morgan fingerprint density at radius 2 is 2.00 bits per heavy atom. The fourth-order valence-corrected chi connectivity index (χ4v) is 1.72. The first-order valence-corrected chi connectivity index (χ1v) is 5.86. The molecule has 0 unspecified atom stereocenters. The first-order chi connectivity index (χ1) is 9.22. The van der Waals surface area contributed by atoms with Gasteiger partial charge in [0.15, 0.2) is 0 Å². The second kappa shape index (κ2) is 6.01. The smallest absolute Gasteiger partial charge is 0.239 e. The van der Waals surface area contributed by atoms with Crippen LogP contribution in [0.4, 0.5) is 11.8 Å². The first-order valence-electron chi connectivity index (χ1n) is 5.86. The summed E-state index contributed by atoms with van der Waals surface area (Å²) in [4.78, 5) is 10.3. The molecule has 0 radical (unpaired) electrons. The summed E-state index contributed by atoms with van der Waals surface area (Å²) >= 11 is 0. The Hall–Kier alpha value is -2.34. The first kappa shape index (κ1) is 13.1. The van der Waals surface area contributed by atoms with E-state index in [1.807, 2.05) is 42.3 Å². The maximum Gasteiger partial charge on any atom is 0.239 e. The van der Waals surface area contributed by atoms with Crippen LogP contribution in [0, 0.1) is 0 Å². The van der Waals surface area contributed by atoms with Gasteiger partial charge in [-0.1, -0.05) is 12.1 Å². The van der Waals surface area contributed by atoms with Crippen molar-refractivity contribution in [3.05, 3.63) is 42.1 Å². The van der Waals surface area contributed by atoms with Crippen molar-refractivity contribution >= 4 is 11.8 Å². The molecule has 6 nitrogen and oxygen atoms in total. The van der Waals surface area contributed by atoms with Gasteiger partial charge in [-0.3, -0.25) is 5.43 Å². The molecular weight excluding hydrogens is 242 g/mol. The van der Waals surface area contributed by atoms with Gasteiger partial charge in [0.05, 0.1) is 7.11 Å². The van der Waals surface area contributed by atoms with Crippen LogP contribution in [0.15, 0.2) is 36.5 Å². The van der Waals surface area contributed by atoms with E-state index in [2.05, 4.69) is 15.4 Å². The van der Waals surface area contributed by atoms with E-state index in [0.29, 0.717) is 5.95 Å². The molecular formula is C13H17N5O. The molecule has 2 rings (SSSR count). The zero-order valence-electron chi connectivity index (χ0n) is 11.0. The van der Waals surface area contributed by atoms with Crippen molar-refractivity contribution in [3.63, 3.8) is 0 Å². The number of nitrogens with zero attached hydrogens (tertiary/aromatic N) is 3. The van der Waals surface area contributed by atoms with Gasteiger partial charge in [-0.05, 0) is 23.8 Å². The monoisotopic (exact) mass is 259 g/mol. The highest BCUT2D eigenvalue weighted by Crippen LogP contribution is 2.16. The molecule has 0 spiro atoms. The highest BCUT2D eigenvalue weighted by atomic mass is 16.5. The Labute approximate surface area is 112 Å². The second-order valence-electron chi connectivity index (χ2n) is 4.09. The maximum absolute atomic E-state index is 5.30. The molecule has 100 valence electrons. The summed E-state index contributed by atoms with van der Waals surface area (Å²) in [6.07, 6.45) is 1.67. The topological polar surface area (TPSA) is 76.3 Å². The lowest BCUT2D eigenvalue weighted by molar-refractivity contribution is 0.414. The quantitative estimate of drug-likeness (QED) is 0.624. The molecule has 0 atom stereocenters. The third-order valence-corrected chi connectivity index (χ3v) is 2.74. The van der Waals surface area contributed by atoms with Crippen molar-refractivity contribution in [2.24, 2.45) is 5.84 Å². The molecule has 19 heavy (non-hydrogen) atoms. The van der Waals surface area contributed by atoms with Gasteiger partial charge in [-0.15, -0.1) is 0 Å². The molecule has 0 fully saturated rings. The van der Waals surface area contributed by atoms with E-state index in [9.17, 15) is 0 Å². The third-order valence-electron chi connectivity index (χ3n) is 2.74. The molecule has 1 aromatic heterocycles. The summed E-state index contributed by atoms with van der Waals surface area (Å²) < 4.78 is 5.13. The molecule has 0 aliphatic heterocycles. The van der Waals surface area contributed by atoms with E-state index in [4.69, 9.17) is 10.6 Å². The van der Waals surface area contributed by atoms with Crippen molar-refractivity contribution in [1.82, 2.24) is 9.97 Å². The van der Waals surface area contributed by atoms with Crippen LogP contribution in [0.5, 0.6) is 5.75 Å². The lowest BCUT2D eigenvalue weighted by Gasteiger charge is -2.18. The zero-order valence-corrected chi connectivity index (χ0v) is 11.0. The number of nitrogen functional groups attached to an aromatic ring is 1. The van der Waals surface area contributed by atoms with Gasteiger partial charge < -0.3 is 9.64 Å². The van der Waals surface area contributed by atoms with E-state index in [0.717, 1.165) is 18.1 Å². The van der Waals surface area contributed by atoms with Crippen LogP contribution >= 0.6 is 0 Å². The molecule has 2 aromatic rings. The number of hydrogen-bond donors (Lipinski definition) is 2. The molecule has 0 saturated heterocycles. The Balaban J connectivity index is 2.08. The molecule has 3 N–H and O–H groups in total. The summed E-state index contributed by atoms with van der Waals surface area (Å²) in [6, 6.07) is 9.77. The highest BCUT2D eigenvalue weighted by molar-refractivity contribution is 5.42. The SMILES string of the molecule is COc1ccc(CN(C)c2ccnc(NN)n2)cc1. The van der Waals surface area contributed by atoms with Gasteiger partial charge in [-0.2, -0.15) is 4.98 Å². The van der Waals surface area contributed by atoms with Crippen LogP contribution < -0.4 is 20.9 Å². The molecule has 1 heterocycles. The molecule has 1 aromatic carbocycles. The van der Waals surface area contributed by atoms with Gasteiger partial charge >= 0.3 is 0 Å². The van der Waals surface area contributed by atoms with Gasteiger partial charge in [0, 0.05) is 19.8 Å². The minimum Gasteiger partial charge on any atom is -0.497 e. The molecule has 0 saturated carbocycles. The van der Waals surface area contributed by atoms with E-state index >= 15 is 0 Å². The summed E-state index contributed by atoms with van der Waals surface area (Å²) in [5.74, 6) is 7.35. The van der Waals surface area contributed by atoms with E-state index in [-0.39, 0.29) is 0 Å². The van der Waals surface area contributed by atoms with Crippen LogP contribution in [-0.2, 0) is 6.54 Å². The number of rotatable bonds is 5. The number of nitrogens with one attached hydrogen (secondary N) is 1. The van der Waals surface area contributed by atoms with Gasteiger partial charge in [0.1, 0.15) is 11.6 Å². The maximum atomic E-state index is 5.30. The Kier molecular flexibility index (Phi) is 4.15. The number of aromatic nitrogens is 2. The fraction of sp³-hybridized carbons (Fsp3) is 0.231. The standard InChI is InChI=1S/C13H17N5O/c1-18(12-7-8-15-13(16-12)17-14)9-10-3-5-11(19-2)6-4-10/h3-8H,9,14H2,1-2H3,(H,15,16,17). The Morgan fingerprint density at radius 3 is 2.63 bits per heavy atom. The summed E-state index contributed by atoms with van der Waals surface area (Å²) in [5, 5.41) is 0. The van der Waals surface area contributed by atoms with Crippen molar-refractivity contribution in [3.8, 4) is 5.75 Å². The lowest BCUT2D eigenvalue weighted by atomic mass is 10.2. The molecule has 6 heteroatoms. The van der Waals surface area contributed by atoms with Crippen LogP contribution in [-0.4, -0.2) is 24.1 Å². The van der Waals surface area contributed by atoms with Gasteiger partial charge in [0.25, 0.3) is 0 Å². The van der Waals surface area contributed by atoms with Crippen molar-refractivity contribution < 1.29 is 4.74 Å². The lowest BCUT2D eigenvalue weighted by Crippen LogP contribution is -2.19. The summed E-state index contributed by atoms with van der Waals surface area (Å²) in [7, 11) is 3.62. The number of methoxy groups -OCH3 is 1. The molecule has 0 amide bonds. The number of ether oxygens (including phenoxy) is 1. The molecule has 0 bridgehead atoms. The highest BCUT2D eigenvalue weighted by Gasteiger charge is 2.05. The van der Waals surface area contributed by atoms with E-state index in [1.165, 1.54) is 5.56 Å². The molecule has 0 aliphatic carbocycles. The number of anilines is 2. The number of hydrazine groups is 1. The van der Waals surface area contributed by atoms with E-state index < -0.39 is 0 Å². The minimum atomic E-state index is 0.402. The zero-order chi connectivity index (χ0) is 13.7.